The number of ether oxygens (including phenoxy) is 1. The highest BCUT2D eigenvalue weighted by Crippen LogP contribution is 2.47. The lowest BCUT2D eigenvalue weighted by atomic mass is 9.77. The van der Waals surface area contributed by atoms with Crippen LogP contribution in [-0.2, 0) is 11.2 Å². The van der Waals surface area contributed by atoms with Crippen LogP contribution in [0.25, 0.3) is 0 Å². The van der Waals surface area contributed by atoms with Crippen molar-refractivity contribution < 1.29 is 23.4 Å². The van der Waals surface area contributed by atoms with Crippen LogP contribution in [0.1, 0.15) is 39.2 Å². The molecule has 2 N–H and O–H groups in total. The molecule has 0 saturated heterocycles. The summed E-state index contributed by atoms with van der Waals surface area (Å²) < 4.78 is 32.7. The molecule has 0 spiro atoms. The largest absolute Gasteiger partial charge is 0.444 e. The molecule has 1 saturated carbocycles. The van der Waals surface area contributed by atoms with Gasteiger partial charge in [0.05, 0.1) is 6.61 Å². The van der Waals surface area contributed by atoms with Gasteiger partial charge in [-0.25, -0.2) is 13.6 Å². The maximum Gasteiger partial charge on any atom is 0.407 e. The second-order valence-corrected chi connectivity index (χ2v) is 7.54. The van der Waals surface area contributed by atoms with Crippen molar-refractivity contribution in [3.63, 3.8) is 0 Å². The summed E-state index contributed by atoms with van der Waals surface area (Å²) in [5, 5.41) is 12.6. The van der Waals surface area contributed by atoms with Crippen LogP contribution in [0.15, 0.2) is 18.2 Å². The van der Waals surface area contributed by atoms with Crippen molar-refractivity contribution in [2.45, 2.75) is 45.6 Å². The lowest BCUT2D eigenvalue weighted by Crippen LogP contribution is -2.45. The summed E-state index contributed by atoms with van der Waals surface area (Å²) in [6.07, 6.45) is 1.37. The Hall–Kier alpha value is -1.69. The van der Waals surface area contributed by atoms with Crippen molar-refractivity contribution in [1.82, 2.24) is 5.32 Å². The SMILES string of the molecule is CC(C)(C)OC(=O)NCC(CO)(Cc1cccc(F)c1F)C1CC1. The van der Waals surface area contributed by atoms with E-state index in [0.717, 1.165) is 18.9 Å². The van der Waals surface area contributed by atoms with Crippen LogP contribution in [-0.4, -0.2) is 30.0 Å². The van der Waals surface area contributed by atoms with Gasteiger partial charge in [-0.2, -0.15) is 0 Å². The van der Waals surface area contributed by atoms with Crippen LogP contribution in [0.2, 0.25) is 0 Å². The summed E-state index contributed by atoms with van der Waals surface area (Å²) in [7, 11) is 0. The van der Waals surface area contributed by atoms with E-state index in [1.165, 1.54) is 12.1 Å². The monoisotopic (exact) mass is 341 g/mol. The minimum atomic E-state index is -0.907. The maximum atomic E-state index is 14.0. The number of rotatable bonds is 6. The van der Waals surface area contributed by atoms with Gasteiger partial charge >= 0.3 is 6.09 Å². The quantitative estimate of drug-likeness (QED) is 0.833. The molecule has 2 rings (SSSR count). The average molecular weight is 341 g/mol. The van der Waals surface area contributed by atoms with Gasteiger partial charge in [0.15, 0.2) is 11.6 Å². The molecule has 1 unspecified atom stereocenters. The van der Waals surface area contributed by atoms with Crippen molar-refractivity contribution in [3.05, 3.63) is 35.4 Å². The molecule has 0 radical (unpaired) electrons. The molecule has 0 aromatic heterocycles. The Labute approximate surface area is 141 Å². The second kappa shape index (κ2) is 7.05. The first-order valence-corrected chi connectivity index (χ1v) is 8.17. The molecule has 0 aliphatic heterocycles. The van der Waals surface area contributed by atoms with Crippen LogP contribution >= 0.6 is 0 Å². The van der Waals surface area contributed by atoms with Crippen LogP contribution in [0.3, 0.4) is 0 Å². The number of aliphatic hydroxyl groups excluding tert-OH is 1. The Morgan fingerprint density at radius 2 is 2.00 bits per heavy atom. The highest BCUT2D eigenvalue weighted by molar-refractivity contribution is 5.67. The maximum absolute atomic E-state index is 14.0. The molecular weight excluding hydrogens is 316 g/mol. The third-order valence-corrected chi connectivity index (χ3v) is 4.32. The van der Waals surface area contributed by atoms with E-state index in [1.807, 2.05) is 0 Å². The van der Waals surface area contributed by atoms with Gasteiger partial charge in [-0.1, -0.05) is 12.1 Å². The van der Waals surface area contributed by atoms with Gasteiger partial charge in [0.1, 0.15) is 5.60 Å². The summed E-state index contributed by atoms with van der Waals surface area (Å²) in [6, 6.07) is 4.03. The van der Waals surface area contributed by atoms with Gasteiger partial charge in [0.2, 0.25) is 0 Å². The Morgan fingerprint density at radius 3 is 2.54 bits per heavy atom. The molecule has 1 atom stereocenters. The third-order valence-electron chi connectivity index (χ3n) is 4.32. The molecule has 134 valence electrons. The number of halogens is 2. The molecule has 1 fully saturated rings. The number of carbonyl (C=O) groups excluding carboxylic acids is 1. The molecule has 6 heteroatoms. The predicted octanol–water partition coefficient (Wildman–Crippen LogP) is 3.42. The zero-order valence-electron chi connectivity index (χ0n) is 14.4. The highest BCUT2D eigenvalue weighted by Gasteiger charge is 2.45. The number of carbonyl (C=O) groups is 1. The minimum Gasteiger partial charge on any atom is -0.444 e. The smallest absolute Gasteiger partial charge is 0.407 e. The van der Waals surface area contributed by atoms with Gasteiger partial charge in [0.25, 0.3) is 0 Å². The number of amides is 1. The first-order valence-electron chi connectivity index (χ1n) is 8.17. The fraction of sp³-hybridized carbons (Fsp3) is 0.611. The van der Waals surface area contributed by atoms with Gasteiger partial charge in [-0.05, 0) is 57.6 Å². The van der Waals surface area contributed by atoms with E-state index in [9.17, 15) is 18.7 Å². The minimum absolute atomic E-state index is 0.152. The molecule has 1 aromatic carbocycles. The Morgan fingerprint density at radius 1 is 1.33 bits per heavy atom. The number of nitrogens with one attached hydrogen (secondary N) is 1. The number of aliphatic hydroxyl groups is 1. The van der Waals surface area contributed by atoms with E-state index < -0.39 is 28.7 Å². The Balaban J connectivity index is 2.12. The van der Waals surface area contributed by atoms with E-state index >= 15 is 0 Å². The van der Waals surface area contributed by atoms with Crippen molar-refractivity contribution in [2.24, 2.45) is 11.3 Å². The topological polar surface area (TPSA) is 58.6 Å². The lowest BCUT2D eigenvalue weighted by molar-refractivity contribution is 0.0438. The zero-order valence-corrected chi connectivity index (χ0v) is 14.4. The first kappa shape index (κ1) is 18.6. The third kappa shape index (κ3) is 4.66. The fourth-order valence-electron chi connectivity index (χ4n) is 2.91. The van der Waals surface area contributed by atoms with Gasteiger partial charge < -0.3 is 15.2 Å². The highest BCUT2D eigenvalue weighted by atomic mass is 19.2. The van der Waals surface area contributed by atoms with E-state index in [4.69, 9.17) is 4.74 Å². The first-order chi connectivity index (χ1) is 11.2. The number of hydrogen-bond acceptors (Lipinski definition) is 3. The van der Waals surface area contributed by atoms with Crippen LogP contribution < -0.4 is 5.32 Å². The molecule has 1 aromatic rings. The standard InChI is InChI=1S/C18H25F2NO3/c1-17(2,3)24-16(23)21-10-18(11-22,13-7-8-13)9-12-5-4-6-14(19)15(12)20/h4-6,13,22H,7-11H2,1-3H3,(H,21,23). The molecule has 1 amide bonds. The van der Waals surface area contributed by atoms with Crippen molar-refractivity contribution in [2.75, 3.05) is 13.2 Å². The number of benzene rings is 1. The molecule has 1 aliphatic carbocycles. The number of alkyl carbamates (subject to hydrolysis) is 1. The summed E-state index contributed by atoms with van der Waals surface area (Å²) in [4.78, 5) is 11.9. The van der Waals surface area contributed by atoms with Crippen LogP contribution in [0.4, 0.5) is 13.6 Å². The molecule has 4 nitrogen and oxygen atoms in total. The Kier molecular flexibility index (Phi) is 5.48. The summed E-state index contributed by atoms with van der Waals surface area (Å²) in [6.45, 7) is 5.21. The summed E-state index contributed by atoms with van der Waals surface area (Å²) >= 11 is 0. The average Bonchev–Trinajstić information content (AvgIpc) is 3.31. The molecule has 0 bridgehead atoms. The van der Waals surface area contributed by atoms with E-state index in [2.05, 4.69) is 5.32 Å². The Bertz CT molecular complexity index is 596. The van der Waals surface area contributed by atoms with E-state index in [-0.39, 0.29) is 31.1 Å². The van der Waals surface area contributed by atoms with Crippen molar-refractivity contribution in [3.8, 4) is 0 Å². The van der Waals surface area contributed by atoms with E-state index in [1.54, 1.807) is 20.8 Å². The summed E-state index contributed by atoms with van der Waals surface area (Å²) in [5.74, 6) is -1.64. The van der Waals surface area contributed by atoms with Gasteiger partial charge in [-0.3, -0.25) is 0 Å². The molecular formula is C18H25F2NO3. The zero-order chi connectivity index (χ0) is 18.0. The second-order valence-electron chi connectivity index (χ2n) is 7.54. The predicted molar refractivity (Wildman–Crippen MR) is 86.5 cm³/mol. The van der Waals surface area contributed by atoms with Gasteiger partial charge in [-0.15, -0.1) is 0 Å². The van der Waals surface area contributed by atoms with Crippen molar-refractivity contribution >= 4 is 6.09 Å². The van der Waals surface area contributed by atoms with Gasteiger partial charge in [0, 0.05) is 12.0 Å². The molecule has 1 aliphatic rings. The number of hydrogen-bond donors (Lipinski definition) is 2. The molecule has 24 heavy (non-hydrogen) atoms. The van der Waals surface area contributed by atoms with Crippen LogP contribution in [0, 0.1) is 23.0 Å². The lowest BCUT2D eigenvalue weighted by Gasteiger charge is -2.33. The molecule has 0 heterocycles. The van der Waals surface area contributed by atoms with Crippen molar-refractivity contribution in [1.29, 1.82) is 0 Å². The van der Waals surface area contributed by atoms with E-state index in [0.29, 0.717) is 0 Å². The summed E-state index contributed by atoms with van der Waals surface area (Å²) in [5.41, 5.74) is -1.13. The fourth-order valence-corrected chi connectivity index (χ4v) is 2.91. The van der Waals surface area contributed by atoms with Crippen LogP contribution in [0.5, 0.6) is 0 Å². The normalized spacial score (nSPS) is 17.2.